The molecule has 0 aliphatic heterocycles. The van der Waals surface area contributed by atoms with Gasteiger partial charge in [0.1, 0.15) is 6.29 Å². The van der Waals surface area contributed by atoms with Crippen molar-refractivity contribution < 1.29 is 14.4 Å². The molecule has 4 atom stereocenters. The molecule has 0 saturated carbocycles. The van der Waals surface area contributed by atoms with Crippen molar-refractivity contribution in [3.05, 3.63) is 0 Å². The summed E-state index contributed by atoms with van der Waals surface area (Å²) in [5, 5.41) is 3.23. The zero-order chi connectivity index (χ0) is 17.1. The molecule has 6 nitrogen and oxygen atoms in total. The van der Waals surface area contributed by atoms with Gasteiger partial charge in [-0.1, -0.05) is 33.6 Å². The van der Waals surface area contributed by atoms with Crippen molar-refractivity contribution in [1.29, 1.82) is 0 Å². The lowest BCUT2D eigenvalue weighted by Gasteiger charge is -2.19. The van der Waals surface area contributed by atoms with Crippen molar-refractivity contribution >= 4 is 18.0 Å². The average Bonchev–Trinajstić information content (AvgIpc) is 2.48. The summed E-state index contributed by atoms with van der Waals surface area (Å²) in [5.74, 6) is -0.519. The van der Waals surface area contributed by atoms with E-state index in [4.69, 9.17) is 11.5 Å². The fourth-order valence-corrected chi connectivity index (χ4v) is 2.31. The molecule has 5 N–H and O–H groups in total. The molecule has 0 radical (unpaired) electrons. The van der Waals surface area contributed by atoms with E-state index in [1.807, 2.05) is 13.8 Å². The van der Waals surface area contributed by atoms with Gasteiger partial charge in [0, 0.05) is 12.3 Å². The van der Waals surface area contributed by atoms with Crippen molar-refractivity contribution in [1.82, 2.24) is 5.32 Å². The quantitative estimate of drug-likeness (QED) is 0.343. The number of aldehydes is 1. The Morgan fingerprint density at radius 1 is 1.23 bits per heavy atom. The first-order chi connectivity index (χ1) is 10.3. The van der Waals surface area contributed by atoms with Crippen LogP contribution in [0.5, 0.6) is 0 Å². The molecule has 0 bridgehead atoms. The van der Waals surface area contributed by atoms with Gasteiger partial charge in [0.15, 0.2) is 5.78 Å². The van der Waals surface area contributed by atoms with Gasteiger partial charge in [0.25, 0.3) is 0 Å². The second-order valence-electron chi connectivity index (χ2n) is 6.08. The lowest BCUT2D eigenvalue weighted by Crippen LogP contribution is -2.38. The van der Waals surface area contributed by atoms with Crippen LogP contribution < -0.4 is 16.8 Å². The number of carbonyl (C=O) groups excluding carboxylic acids is 3. The number of unbranched alkanes of at least 4 members (excludes halogenated alkanes) is 1. The predicted octanol–water partition coefficient (Wildman–Crippen LogP) is 0.768. The first kappa shape index (κ1) is 20.7. The fraction of sp³-hybridized carbons (Fsp3) is 0.812. The topological polar surface area (TPSA) is 115 Å². The van der Waals surface area contributed by atoms with Gasteiger partial charge in [0.2, 0.25) is 5.91 Å². The molecule has 0 aliphatic carbocycles. The van der Waals surface area contributed by atoms with Crippen molar-refractivity contribution in [2.24, 2.45) is 23.3 Å². The van der Waals surface area contributed by atoms with E-state index in [0.29, 0.717) is 5.92 Å². The van der Waals surface area contributed by atoms with Crippen LogP contribution in [0.15, 0.2) is 0 Å². The monoisotopic (exact) mass is 313 g/mol. The maximum atomic E-state index is 11.9. The van der Waals surface area contributed by atoms with Gasteiger partial charge in [-0.2, -0.15) is 0 Å². The number of rotatable bonds is 13. The Morgan fingerprint density at radius 3 is 2.36 bits per heavy atom. The Hall–Kier alpha value is -1.27. The van der Waals surface area contributed by atoms with Gasteiger partial charge >= 0.3 is 0 Å². The zero-order valence-corrected chi connectivity index (χ0v) is 14.0. The molecule has 22 heavy (non-hydrogen) atoms. The van der Waals surface area contributed by atoms with Gasteiger partial charge in [-0.25, -0.2) is 0 Å². The molecule has 0 aromatic rings. The first-order valence-corrected chi connectivity index (χ1v) is 8.09. The molecule has 0 spiro atoms. The number of hydrogen-bond acceptors (Lipinski definition) is 5. The van der Waals surface area contributed by atoms with Crippen LogP contribution in [0.1, 0.15) is 52.9 Å². The van der Waals surface area contributed by atoms with E-state index in [1.165, 1.54) is 0 Å². The lowest BCUT2D eigenvalue weighted by atomic mass is 9.93. The van der Waals surface area contributed by atoms with E-state index < -0.39 is 11.9 Å². The highest BCUT2D eigenvalue weighted by Crippen LogP contribution is 2.12. The average molecular weight is 313 g/mol. The summed E-state index contributed by atoms with van der Waals surface area (Å²) in [6.45, 7) is 6.68. The van der Waals surface area contributed by atoms with Crippen LogP contribution in [-0.2, 0) is 14.4 Å². The van der Waals surface area contributed by atoms with Crippen LogP contribution >= 0.6 is 0 Å². The van der Waals surface area contributed by atoms with E-state index in [1.54, 1.807) is 0 Å². The normalized spacial score (nSPS) is 16.5. The molecular formula is C16H31N3O3. The summed E-state index contributed by atoms with van der Waals surface area (Å²) >= 11 is 0. The van der Waals surface area contributed by atoms with Crippen LogP contribution in [0.4, 0.5) is 0 Å². The van der Waals surface area contributed by atoms with Crippen LogP contribution in [0.2, 0.25) is 0 Å². The molecule has 1 unspecified atom stereocenters. The Bertz CT molecular complexity index is 361. The molecule has 0 rings (SSSR count). The van der Waals surface area contributed by atoms with Crippen molar-refractivity contribution in [2.45, 2.75) is 65.0 Å². The number of hydrogen-bond donors (Lipinski definition) is 3. The number of amides is 1. The number of nitrogens with two attached hydrogens (primary N) is 2. The molecule has 0 aliphatic rings. The van der Waals surface area contributed by atoms with Crippen LogP contribution in [0.3, 0.4) is 0 Å². The zero-order valence-electron chi connectivity index (χ0n) is 14.0. The minimum atomic E-state index is -0.796. The fourth-order valence-electron chi connectivity index (χ4n) is 2.31. The third-order valence-corrected chi connectivity index (χ3v) is 4.12. The molecule has 1 amide bonds. The Morgan fingerprint density at radius 2 is 1.86 bits per heavy atom. The largest absolute Gasteiger partial charge is 0.370 e. The van der Waals surface area contributed by atoms with Crippen LogP contribution in [0, 0.1) is 11.8 Å². The summed E-state index contributed by atoms with van der Waals surface area (Å²) in [5.41, 5.74) is 10.7. The van der Waals surface area contributed by atoms with E-state index in [2.05, 4.69) is 12.2 Å². The standard InChI is InChI=1S/C16H31N3O3/c1-4-11(2)14(10-20)19-8-6-5-7-12(3)16(22)13(17)9-15(18)21/h10-14,19H,4-9,17H2,1-3H3,(H2,18,21)/t11-,12?,13+,14-/m1/s1. The molecule has 0 aromatic carbocycles. The lowest BCUT2D eigenvalue weighted by molar-refractivity contribution is -0.127. The second-order valence-corrected chi connectivity index (χ2v) is 6.08. The maximum Gasteiger partial charge on any atom is 0.219 e. The van der Waals surface area contributed by atoms with Crippen LogP contribution in [-0.4, -0.2) is 36.6 Å². The summed E-state index contributed by atoms with van der Waals surface area (Å²) in [7, 11) is 0. The summed E-state index contributed by atoms with van der Waals surface area (Å²) in [4.78, 5) is 33.7. The van der Waals surface area contributed by atoms with Crippen molar-refractivity contribution in [2.75, 3.05) is 6.54 Å². The summed E-state index contributed by atoms with van der Waals surface area (Å²) < 4.78 is 0. The minimum absolute atomic E-state index is 0.0966. The number of Topliss-reactive ketones (excluding diaryl/α,β-unsaturated/α-hetero) is 1. The van der Waals surface area contributed by atoms with E-state index in [-0.39, 0.29) is 24.2 Å². The van der Waals surface area contributed by atoms with Crippen LogP contribution in [0.25, 0.3) is 0 Å². The minimum Gasteiger partial charge on any atom is -0.370 e. The van der Waals surface area contributed by atoms with Gasteiger partial charge in [-0.3, -0.25) is 9.59 Å². The SMILES string of the molecule is CC[C@@H](C)[C@@H](C=O)NCCCCC(C)C(=O)[C@@H](N)CC(N)=O. The molecule has 0 fully saturated rings. The molecule has 0 heterocycles. The van der Waals surface area contributed by atoms with Crippen molar-refractivity contribution in [3.63, 3.8) is 0 Å². The van der Waals surface area contributed by atoms with E-state index in [9.17, 15) is 14.4 Å². The van der Waals surface area contributed by atoms with E-state index >= 15 is 0 Å². The van der Waals surface area contributed by atoms with Gasteiger partial charge < -0.3 is 21.6 Å². The molecular weight excluding hydrogens is 282 g/mol. The smallest absolute Gasteiger partial charge is 0.219 e. The number of ketones is 1. The third kappa shape index (κ3) is 8.24. The molecule has 0 saturated heterocycles. The maximum absolute atomic E-state index is 11.9. The number of carbonyl (C=O) groups is 3. The Labute approximate surface area is 133 Å². The summed E-state index contributed by atoms with van der Waals surface area (Å²) in [6.07, 6.45) is 4.31. The summed E-state index contributed by atoms with van der Waals surface area (Å²) in [6, 6.07) is -0.900. The Kier molecular flexibility index (Phi) is 10.7. The first-order valence-electron chi connectivity index (χ1n) is 8.09. The molecule has 0 aromatic heterocycles. The molecule has 6 heteroatoms. The predicted molar refractivity (Wildman–Crippen MR) is 87.1 cm³/mol. The van der Waals surface area contributed by atoms with Gasteiger partial charge in [-0.15, -0.1) is 0 Å². The molecule has 128 valence electrons. The third-order valence-electron chi connectivity index (χ3n) is 4.12. The van der Waals surface area contributed by atoms with Gasteiger partial charge in [-0.05, 0) is 25.3 Å². The number of primary amides is 1. The van der Waals surface area contributed by atoms with Gasteiger partial charge in [0.05, 0.1) is 12.1 Å². The van der Waals surface area contributed by atoms with Crippen molar-refractivity contribution in [3.8, 4) is 0 Å². The highest BCUT2D eigenvalue weighted by Gasteiger charge is 2.21. The second kappa shape index (κ2) is 11.3. The number of nitrogens with one attached hydrogen (secondary N) is 1. The Balaban J connectivity index is 3.93. The highest BCUT2D eigenvalue weighted by atomic mass is 16.1. The van der Waals surface area contributed by atoms with E-state index in [0.717, 1.165) is 38.5 Å². The highest BCUT2D eigenvalue weighted by molar-refractivity contribution is 5.90.